The van der Waals surface area contributed by atoms with Gasteiger partial charge in [-0.1, -0.05) is 48.5 Å². The number of carbonyl (C=O) groups is 1. The van der Waals surface area contributed by atoms with Crippen LogP contribution in [0, 0.1) is 0 Å². The first kappa shape index (κ1) is 12.1. The highest BCUT2D eigenvalue weighted by molar-refractivity contribution is 5.93. The van der Waals surface area contributed by atoms with Gasteiger partial charge < -0.3 is 4.42 Å². The predicted octanol–water partition coefficient (Wildman–Crippen LogP) is 4.32. The molecule has 18 heavy (non-hydrogen) atoms. The summed E-state index contributed by atoms with van der Waals surface area (Å²) in [6, 6.07) is 19.1. The van der Waals surface area contributed by atoms with E-state index in [0.717, 1.165) is 16.5 Å². The smallest absolute Gasteiger partial charge is 0.159 e. The van der Waals surface area contributed by atoms with Crippen molar-refractivity contribution in [2.45, 2.75) is 6.92 Å². The summed E-state index contributed by atoms with van der Waals surface area (Å²) < 4.78 is 5.12. The van der Waals surface area contributed by atoms with Gasteiger partial charge in [-0.15, -0.1) is 0 Å². The fourth-order valence-electron chi connectivity index (χ4n) is 1.58. The van der Waals surface area contributed by atoms with E-state index in [-0.39, 0.29) is 5.78 Å². The summed E-state index contributed by atoms with van der Waals surface area (Å²) in [5.41, 5.74) is 1.73. The Bertz CT molecular complexity index is 593. The summed E-state index contributed by atoms with van der Waals surface area (Å²) in [4.78, 5) is 10.6. The van der Waals surface area contributed by atoms with Crippen molar-refractivity contribution in [3.63, 3.8) is 0 Å². The molecule has 0 aliphatic heterocycles. The van der Waals surface area contributed by atoms with Gasteiger partial charge >= 0.3 is 0 Å². The van der Waals surface area contributed by atoms with Crippen molar-refractivity contribution in [2.75, 3.05) is 0 Å². The van der Waals surface area contributed by atoms with E-state index in [0.29, 0.717) is 0 Å². The highest BCUT2D eigenvalue weighted by atomic mass is 16.3. The minimum Gasteiger partial charge on any atom is -0.464 e. The van der Waals surface area contributed by atoms with Crippen LogP contribution >= 0.6 is 0 Å². The molecule has 0 unspecified atom stereocenters. The Morgan fingerprint density at radius 2 is 1.56 bits per heavy atom. The molecular weight excluding hydrogens is 224 g/mol. The lowest BCUT2D eigenvalue weighted by Crippen LogP contribution is -1.88. The largest absolute Gasteiger partial charge is 0.464 e. The van der Waals surface area contributed by atoms with E-state index in [1.807, 2.05) is 60.7 Å². The van der Waals surface area contributed by atoms with Gasteiger partial charge in [-0.2, -0.15) is 0 Å². The number of hydrogen-bond acceptors (Lipinski definition) is 2. The van der Waals surface area contributed by atoms with Crippen molar-refractivity contribution in [3.05, 3.63) is 72.5 Å². The number of furan rings is 1. The van der Waals surface area contributed by atoms with E-state index in [1.165, 1.54) is 0 Å². The van der Waals surface area contributed by atoms with Crippen molar-refractivity contribution in [2.24, 2.45) is 0 Å². The molecule has 0 saturated heterocycles. The standard InChI is InChI=1S/C8H6O.C8H8O/c1-2-4-8-7(3-1)5-6-9-8;1-7(9)8-5-3-2-4-6-8/h1-6H;2-6H,1H3. The SMILES string of the molecule is CC(=O)c1ccccc1.c1ccc2occc2c1. The van der Waals surface area contributed by atoms with E-state index in [4.69, 9.17) is 4.42 Å². The molecule has 2 nitrogen and oxygen atoms in total. The number of hydrogen-bond donors (Lipinski definition) is 0. The minimum absolute atomic E-state index is 0.121. The second-order valence-corrected chi connectivity index (χ2v) is 3.88. The van der Waals surface area contributed by atoms with Gasteiger partial charge in [0.15, 0.2) is 5.78 Å². The fourth-order valence-corrected chi connectivity index (χ4v) is 1.58. The predicted molar refractivity (Wildman–Crippen MR) is 72.7 cm³/mol. The number of para-hydroxylation sites is 1. The molecule has 2 aromatic carbocycles. The highest BCUT2D eigenvalue weighted by Crippen LogP contribution is 2.12. The maximum atomic E-state index is 10.6. The Hall–Kier alpha value is -2.35. The molecule has 0 spiro atoms. The molecule has 3 rings (SSSR count). The molecule has 0 radical (unpaired) electrons. The zero-order valence-corrected chi connectivity index (χ0v) is 10.2. The van der Waals surface area contributed by atoms with E-state index in [1.54, 1.807) is 13.2 Å². The molecule has 0 amide bonds. The molecule has 0 N–H and O–H groups in total. The first-order valence-corrected chi connectivity index (χ1v) is 5.75. The van der Waals surface area contributed by atoms with Crippen LogP contribution in [0.25, 0.3) is 11.0 Å². The Kier molecular flexibility index (Phi) is 3.92. The molecule has 0 aliphatic rings. The molecule has 0 saturated carbocycles. The summed E-state index contributed by atoms with van der Waals surface area (Å²) in [6.45, 7) is 1.56. The second kappa shape index (κ2) is 5.82. The average Bonchev–Trinajstić information content (AvgIpc) is 2.89. The van der Waals surface area contributed by atoms with Gasteiger partial charge in [0.2, 0.25) is 0 Å². The zero-order valence-electron chi connectivity index (χ0n) is 10.2. The third-order valence-corrected chi connectivity index (χ3v) is 2.54. The van der Waals surface area contributed by atoms with Crippen molar-refractivity contribution in [3.8, 4) is 0 Å². The second-order valence-electron chi connectivity index (χ2n) is 3.88. The molecular formula is C16H14O2. The van der Waals surface area contributed by atoms with Gasteiger partial charge in [-0.25, -0.2) is 0 Å². The topological polar surface area (TPSA) is 30.2 Å². The molecule has 3 aromatic rings. The summed E-state index contributed by atoms with van der Waals surface area (Å²) in [6.07, 6.45) is 1.70. The zero-order chi connectivity index (χ0) is 12.8. The lowest BCUT2D eigenvalue weighted by atomic mass is 10.2. The van der Waals surface area contributed by atoms with E-state index >= 15 is 0 Å². The van der Waals surface area contributed by atoms with E-state index in [9.17, 15) is 4.79 Å². The number of ketones is 1. The monoisotopic (exact) mass is 238 g/mol. The quantitative estimate of drug-likeness (QED) is 0.591. The van der Waals surface area contributed by atoms with Crippen molar-refractivity contribution in [1.82, 2.24) is 0 Å². The highest BCUT2D eigenvalue weighted by Gasteiger charge is 1.92. The van der Waals surface area contributed by atoms with Gasteiger partial charge in [0.1, 0.15) is 5.58 Å². The average molecular weight is 238 g/mol. The van der Waals surface area contributed by atoms with Crippen LogP contribution in [0.4, 0.5) is 0 Å². The molecule has 0 aliphatic carbocycles. The number of rotatable bonds is 1. The van der Waals surface area contributed by atoms with E-state index < -0.39 is 0 Å². The number of carbonyl (C=O) groups excluding carboxylic acids is 1. The maximum Gasteiger partial charge on any atom is 0.159 e. The molecule has 1 aromatic heterocycles. The Labute approximate surface area is 106 Å². The Morgan fingerprint density at radius 3 is 2.17 bits per heavy atom. The number of fused-ring (bicyclic) bond motifs is 1. The molecule has 0 fully saturated rings. The Morgan fingerprint density at radius 1 is 0.889 bits per heavy atom. The molecule has 0 atom stereocenters. The first-order valence-electron chi connectivity index (χ1n) is 5.75. The van der Waals surface area contributed by atoms with Gasteiger partial charge in [0.25, 0.3) is 0 Å². The van der Waals surface area contributed by atoms with Crippen LogP contribution in [0.15, 0.2) is 71.3 Å². The van der Waals surface area contributed by atoms with Gasteiger partial charge in [0.05, 0.1) is 6.26 Å². The Balaban J connectivity index is 0.000000134. The van der Waals surface area contributed by atoms with Crippen LogP contribution < -0.4 is 0 Å². The third-order valence-electron chi connectivity index (χ3n) is 2.54. The number of benzene rings is 2. The van der Waals surface area contributed by atoms with Crippen LogP contribution in [-0.2, 0) is 0 Å². The lowest BCUT2D eigenvalue weighted by molar-refractivity contribution is 0.101. The van der Waals surface area contributed by atoms with E-state index in [2.05, 4.69) is 0 Å². The summed E-state index contributed by atoms with van der Waals surface area (Å²) in [5.74, 6) is 0.121. The summed E-state index contributed by atoms with van der Waals surface area (Å²) >= 11 is 0. The summed E-state index contributed by atoms with van der Waals surface area (Å²) in [7, 11) is 0. The van der Waals surface area contributed by atoms with Crippen LogP contribution in [0.1, 0.15) is 17.3 Å². The van der Waals surface area contributed by atoms with Crippen LogP contribution in [0.3, 0.4) is 0 Å². The fraction of sp³-hybridized carbons (Fsp3) is 0.0625. The first-order chi connectivity index (χ1) is 8.77. The third kappa shape index (κ3) is 3.08. The number of Topliss-reactive ketones (excluding diaryl/α,β-unsaturated/α-hetero) is 1. The van der Waals surface area contributed by atoms with Gasteiger partial charge in [-0.05, 0) is 19.1 Å². The minimum atomic E-state index is 0.121. The molecule has 1 heterocycles. The van der Waals surface area contributed by atoms with Crippen molar-refractivity contribution >= 4 is 16.8 Å². The van der Waals surface area contributed by atoms with Gasteiger partial charge in [-0.3, -0.25) is 4.79 Å². The molecule has 2 heteroatoms. The molecule has 0 bridgehead atoms. The van der Waals surface area contributed by atoms with Crippen molar-refractivity contribution < 1.29 is 9.21 Å². The lowest BCUT2D eigenvalue weighted by Gasteiger charge is -1.89. The molecule has 90 valence electrons. The van der Waals surface area contributed by atoms with Crippen LogP contribution in [0.5, 0.6) is 0 Å². The summed E-state index contributed by atoms with van der Waals surface area (Å²) in [5, 5.41) is 1.16. The van der Waals surface area contributed by atoms with Crippen LogP contribution in [0.2, 0.25) is 0 Å². The van der Waals surface area contributed by atoms with Crippen molar-refractivity contribution in [1.29, 1.82) is 0 Å². The maximum absolute atomic E-state index is 10.6. The normalized spacial score (nSPS) is 9.61. The van der Waals surface area contributed by atoms with Gasteiger partial charge in [0, 0.05) is 10.9 Å². The van der Waals surface area contributed by atoms with Crippen LogP contribution in [-0.4, -0.2) is 5.78 Å².